The lowest BCUT2D eigenvalue weighted by Crippen LogP contribution is -2.09. The van der Waals surface area contributed by atoms with Gasteiger partial charge in [0.2, 0.25) is 0 Å². The number of methoxy groups -OCH3 is 2. The smallest absolute Gasteiger partial charge is 0.123 e. The molecular formula is C33H32O2. The van der Waals surface area contributed by atoms with Crippen LogP contribution in [-0.4, -0.2) is 14.2 Å². The average Bonchev–Trinajstić information content (AvgIpc) is 3.24. The molecule has 0 fully saturated rings. The van der Waals surface area contributed by atoms with E-state index in [-0.39, 0.29) is 5.41 Å². The lowest BCUT2D eigenvalue weighted by Gasteiger charge is -2.26. The largest absolute Gasteiger partial charge is 0.496 e. The van der Waals surface area contributed by atoms with Gasteiger partial charge in [-0.25, -0.2) is 0 Å². The fourth-order valence-electron chi connectivity index (χ4n) is 5.96. The molecule has 0 heterocycles. The first-order chi connectivity index (χ1) is 16.9. The van der Waals surface area contributed by atoms with Crippen molar-refractivity contribution in [3.63, 3.8) is 0 Å². The molecular weight excluding hydrogens is 428 g/mol. The first-order valence-electron chi connectivity index (χ1n) is 12.5. The zero-order valence-corrected chi connectivity index (χ0v) is 21.3. The Labute approximate surface area is 207 Å². The van der Waals surface area contributed by atoms with Gasteiger partial charge in [0.15, 0.2) is 0 Å². The Balaban J connectivity index is 1.77. The number of ether oxygens (including phenoxy) is 2. The van der Waals surface area contributed by atoms with Crippen LogP contribution in [0.1, 0.15) is 38.3 Å². The van der Waals surface area contributed by atoms with Crippen molar-refractivity contribution in [2.24, 2.45) is 5.41 Å². The van der Waals surface area contributed by atoms with Gasteiger partial charge in [-0.1, -0.05) is 86.5 Å². The fraction of sp³-hybridized carbons (Fsp3) is 0.273. The summed E-state index contributed by atoms with van der Waals surface area (Å²) in [5.41, 5.74) is 9.72. The predicted octanol–water partition coefficient (Wildman–Crippen LogP) is 8.45. The highest BCUT2D eigenvalue weighted by Gasteiger charge is 2.31. The van der Waals surface area contributed by atoms with Crippen molar-refractivity contribution in [1.29, 1.82) is 0 Å². The number of hydrogen-bond acceptors (Lipinski definition) is 2. The molecule has 0 radical (unpaired) electrons. The number of hydrogen-bond donors (Lipinski definition) is 0. The van der Waals surface area contributed by atoms with E-state index < -0.39 is 0 Å². The summed E-state index contributed by atoms with van der Waals surface area (Å²) >= 11 is 0. The second kappa shape index (κ2) is 8.02. The third-order valence-electron chi connectivity index (χ3n) is 7.85. The summed E-state index contributed by atoms with van der Waals surface area (Å²) in [7, 11) is 3.60. The van der Waals surface area contributed by atoms with Crippen molar-refractivity contribution in [2.75, 3.05) is 14.2 Å². The van der Waals surface area contributed by atoms with Crippen molar-refractivity contribution >= 4 is 21.5 Å². The van der Waals surface area contributed by atoms with Crippen LogP contribution in [0.3, 0.4) is 0 Å². The minimum atomic E-state index is 0.146. The molecule has 0 spiro atoms. The average molecular weight is 461 g/mol. The maximum atomic E-state index is 6.07. The van der Waals surface area contributed by atoms with Gasteiger partial charge in [-0.2, -0.15) is 0 Å². The highest BCUT2D eigenvalue weighted by Crippen LogP contribution is 2.50. The first kappa shape index (κ1) is 22.0. The standard InChI is InChI=1S/C33H32O2/c1-33(2,3)24-14-22-16-27-29(34-4)18-20-10-6-8-12-25(20)31(27)32-26-13-9-7-11-21(26)19-30(35-5)28(32)17-23(22)15-24/h6-14,18-19H,15-17H2,1-5H3. The molecule has 0 amide bonds. The topological polar surface area (TPSA) is 18.5 Å². The quantitative estimate of drug-likeness (QED) is 0.299. The van der Waals surface area contributed by atoms with Gasteiger partial charge in [0.05, 0.1) is 14.2 Å². The van der Waals surface area contributed by atoms with Gasteiger partial charge in [0.1, 0.15) is 11.5 Å². The molecule has 0 N–H and O–H groups in total. The molecule has 0 atom stereocenters. The predicted molar refractivity (Wildman–Crippen MR) is 147 cm³/mol. The van der Waals surface area contributed by atoms with E-state index in [1.165, 1.54) is 60.5 Å². The molecule has 0 aliphatic heterocycles. The summed E-state index contributed by atoms with van der Waals surface area (Å²) in [4.78, 5) is 0. The van der Waals surface area contributed by atoms with Crippen LogP contribution in [0.4, 0.5) is 0 Å². The van der Waals surface area contributed by atoms with Crippen LogP contribution >= 0.6 is 0 Å². The second-order valence-corrected chi connectivity index (χ2v) is 10.9. The van der Waals surface area contributed by atoms with Gasteiger partial charge in [0.25, 0.3) is 0 Å². The van der Waals surface area contributed by atoms with E-state index >= 15 is 0 Å². The number of fused-ring (bicyclic) bond motifs is 7. The maximum Gasteiger partial charge on any atom is 0.123 e. The number of rotatable bonds is 2. The summed E-state index contributed by atoms with van der Waals surface area (Å²) in [6.45, 7) is 6.97. The van der Waals surface area contributed by atoms with Gasteiger partial charge in [-0.05, 0) is 68.6 Å². The molecule has 4 aromatic rings. The molecule has 4 aromatic carbocycles. The highest BCUT2D eigenvalue weighted by atomic mass is 16.5. The molecule has 2 nitrogen and oxygen atoms in total. The van der Waals surface area contributed by atoms with E-state index in [1.54, 1.807) is 14.2 Å². The van der Waals surface area contributed by atoms with Gasteiger partial charge in [-0.15, -0.1) is 0 Å². The van der Waals surface area contributed by atoms with Crippen molar-refractivity contribution in [3.8, 4) is 22.6 Å². The molecule has 0 unspecified atom stereocenters. The van der Waals surface area contributed by atoms with Crippen molar-refractivity contribution in [2.45, 2.75) is 40.0 Å². The van der Waals surface area contributed by atoms with Crippen LogP contribution in [0.2, 0.25) is 0 Å². The molecule has 0 aromatic heterocycles. The van der Waals surface area contributed by atoms with Gasteiger partial charge >= 0.3 is 0 Å². The summed E-state index contributed by atoms with van der Waals surface area (Å²) < 4.78 is 12.1. The number of allylic oxidation sites excluding steroid dienone is 4. The number of benzene rings is 4. The Morgan fingerprint density at radius 1 is 0.657 bits per heavy atom. The molecule has 2 aliphatic rings. The molecule has 0 bridgehead atoms. The molecule has 0 saturated carbocycles. The minimum Gasteiger partial charge on any atom is -0.496 e. The molecule has 176 valence electrons. The Bertz CT molecular complexity index is 1560. The summed E-state index contributed by atoms with van der Waals surface area (Å²) in [6, 6.07) is 21.8. The highest BCUT2D eigenvalue weighted by molar-refractivity contribution is 6.10. The molecule has 2 heteroatoms. The van der Waals surface area contributed by atoms with Crippen LogP contribution in [0.5, 0.6) is 11.5 Å². The molecule has 6 rings (SSSR count). The van der Waals surface area contributed by atoms with Crippen LogP contribution in [-0.2, 0) is 12.8 Å². The summed E-state index contributed by atoms with van der Waals surface area (Å²) in [5.74, 6) is 1.93. The normalized spacial score (nSPS) is 15.3. The minimum absolute atomic E-state index is 0.146. The zero-order valence-electron chi connectivity index (χ0n) is 21.3. The van der Waals surface area contributed by atoms with E-state index in [0.29, 0.717) is 0 Å². The van der Waals surface area contributed by atoms with Crippen LogP contribution in [0, 0.1) is 5.41 Å². The first-order valence-corrected chi connectivity index (χ1v) is 12.5. The zero-order chi connectivity index (χ0) is 24.3. The van der Waals surface area contributed by atoms with Gasteiger partial charge in [0, 0.05) is 17.5 Å². The van der Waals surface area contributed by atoms with E-state index in [2.05, 4.69) is 87.5 Å². The van der Waals surface area contributed by atoms with E-state index in [4.69, 9.17) is 9.47 Å². The molecule has 0 saturated heterocycles. The van der Waals surface area contributed by atoms with E-state index in [1.807, 2.05) is 0 Å². The van der Waals surface area contributed by atoms with Gasteiger partial charge in [-0.3, -0.25) is 0 Å². The Kier molecular flexibility index (Phi) is 5.03. The van der Waals surface area contributed by atoms with Crippen molar-refractivity contribution < 1.29 is 9.47 Å². The Morgan fingerprint density at radius 3 is 1.69 bits per heavy atom. The fourth-order valence-corrected chi connectivity index (χ4v) is 5.96. The van der Waals surface area contributed by atoms with E-state index in [9.17, 15) is 0 Å². The van der Waals surface area contributed by atoms with Gasteiger partial charge < -0.3 is 9.47 Å². The lowest BCUT2D eigenvalue weighted by molar-refractivity contribution is 0.410. The summed E-state index contributed by atoms with van der Waals surface area (Å²) in [5, 5.41) is 4.95. The van der Waals surface area contributed by atoms with Crippen molar-refractivity contribution in [1.82, 2.24) is 0 Å². The Morgan fingerprint density at radius 2 is 1.17 bits per heavy atom. The van der Waals surface area contributed by atoms with Crippen LogP contribution in [0.15, 0.2) is 83.5 Å². The molecule has 35 heavy (non-hydrogen) atoms. The summed E-state index contributed by atoms with van der Waals surface area (Å²) in [6.07, 6.45) is 5.27. The monoisotopic (exact) mass is 460 g/mol. The van der Waals surface area contributed by atoms with Crippen LogP contribution < -0.4 is 9.47 Å². The maximum absolute atomic E-state index is 6.07. The van der Waals surface area contributed by atoms with Crippen LogP contribution in [0.25, 0.3) is 32.7 Å². The Hall–Kier alpha value is -3.52. The molecule has 2 aliphatic carbocycles. The third kappa shape index (κ3) is 3.46. The SMILES string of the molecule is COc1cc2ccccc2c2c1CC1=C(CC(C(C)(C)C)=C1)Cc1c(OC)cc3ccccc3c1-2. The third-order valence-corrected chi connectivity index (χ3v) is 7.85. The van der Waals surface area contributed by atoms with Crippen molar-refractivity contribution in [3.05, 3.63) is 94.6 Å². The van der Waals surface area contributed by atoms with E-state index in [0.717, 1.165) is 30.8 Å². The second-order valence-electron chi connectivity index (χ2n) is 10.9. The lowest BCUT2D eigenvalue weighted by atomic mass is 9.80.